The van der Waals surface area contributed by atoms with Gasteiger partial charge in [-0.2, -0.15) is 0 Å². The summed E-state index contributed by atoms with van der Waals surface area (Å²) in [5, 5.41) is 10.1. The maximum Gasteiger partial charge on any atom is 0.261 e. The van der Waals surface area contributed by atoms with Crippen LogP contribution in [0, 0.1) is 0 Å². The van der Waals surface area contributed by atoms with Crippen molar-refractivity contribution in [2.45, 2.75) is 0 Å². The number of benzene rings is 1. The minimum Gasteiger partial charge on any atom is -0.367 e. The summed E-state index contributed by atoms with van der Waals surface area (Å²) >= 11 is 0. The number of hydrogen-bond acceptors (Lipinski definition) is 4. The van der Waals surface area contributed by atoms with E-state index < -0.39 is 5.91 Å². The van der Waals surface area contributed by atoms with E-state index in [-0.39, 0.29) is 11.0 Å². The van der Waals surface area contributed by atoms with Crippen molar-refractivity contribution in [3.05, 3.63) is 71.2 Å². The van der Waals surface area contributed by atoms with Crippen LogP contribution in [0.1, 0.15) is 10.4 Å². The Morgan fingerprint density at radius 1 is 1.19 bits per heavy atom. The average molecular weight is 281 g/mol. The van der Waals surface area contributed by atoms with E-state index in [1.54, 1.807) is 35.4 Å². The lowest BCUT2D eigenvalue weighted by atomic mass is 10.2. The highest BCUT2D eigenvalue weighted by Crippen LogP contribution is 2.14. The van der Waals surface area contributed by atoms with E-state index in [4.69, 9.17) is 0 Å². The Bertz CT molecular complexity index is 823. The van der Waals surface area contributed by atoms with Gasteiger partial charge in [-0.25, -0.2) is 0 Å². The number of aromatic amines is 1. The number of nitrogens with one attached hydrogen (secondary N) is 2. The van der Waals surface area contributed by atoms with Crippen LogP contribution in [0.5, 0.6) is 0 Å². The van der Waals surface area contributed by atoms with Crippen molar-refractivity contribution in [2.24, 2.45) is 0 Å². The van der Waals surface area contributed by atoms with Crippen LogP contribution < -0.4 is 10.7 Å². The summed E-state index contributed by atoms with van der Waals surface area (Å²) in [7, 11) is 0. The molecule has 0 unspecified atom stereocenters. The molecule has 0 bridgehead atoms. The average Bonchev–Trinajstić information content (AvgIpc) is 3.02. The molecule has 2 N–H and O–H groups in total. The van der Waals surface area contributed by atoms with E-state index >= 15 is 0 Å². The molecular weight excluding hydrogens is 270 g/mol. The Morgan fingerprint density at radius 3 is 2.76 bits per heavy atom. The smallest absolute Gasteiger partial charge is 0.261 e. The quantitative estimate of drug-likeness (QED) is 0.754. The maximum atomic E-state index is 12.1. The second-order valence-corrected chi connectivity index (χ2v) is 4.30. The fourth-order valence-corrected chi connectivity index (χ4v) is 1.87. The van der Waals surface area contributed by atoms with Crippen molar-refractivity contribution in [3.63, 3.8) is 0 Å². The van der Waals surface area contributed by atoms with Gasteiger partial charge in [0.1, 0.15) is 18.2 Å². The van der Waals surface area contributed by atoms with Gasteiger partial charge in [0.2, 0.25) is 0 Å². The third kappa shape index (κ3) is 2.71. The molecule has 2 aromatic heterocycles. The second-order valence-electron chi connectivity index (χ2n) is 4.30. The molecule has 3 aromatic rings. The Hall–Kier alpha value is -3.22. The molecule has 2 heterocycles. The van der Waals surface area contributed by atoms with Gasteiger partial charge in [0.15, 0.2) is 5.43 Å². The summed E-state index contributed by atoms with van der Waals surface area (Å²) in [4.78, 5) is 26.4. The van der Waals surface area contributed by atoms with Crippen LogP contribution >= 0.6 is 0 Å². The van der Waals surface area contributed by atoms with Crippen molar-refractivity contribution in [3.8, 4) is 5.69 Å². The van der Waals surface area contributed by atoms with Gasteiger partial charge >= 0.3 is 0 Å². The number of anilines is 1. The van der Waals surface area contributed by atoms with Crippen molar-refractivity contribution in [2.75, 3.05) is 5.32 Å². The molecule has 7 nitrogen and oxygen atoms in total. The first-order valence-electron chi connectivity index (χ1n) is 6.17. The van der Waals surface area contributed by atoms with Crippen LogP contribution in [0.25, 0.3) is 5.69 Å². The molecule has 0 spiro atoms. The van der Waals surface area contributed by atoms with Crippen LogP contribution in [0.15, 0.2) is 60.2 Å². The van der Waals surface area contributed by atoms with Crippen molar-refractivity contribution < 1.29 is 4.79 Å². The predicted octanol–water partition coefficient (Wildman–Crippen LogP) is 1.21. The molecule has 0 atom stereocenters. The number of aromatic nitrogens is 4. The molecule has 104 valence electrons. The maximum absolute atomic E-state index is 12.1. The molecule has 0 aliphatic heterocycles. The minimum atomic E-state index is -0.460. The molecular formula is C14H11N5O2. The number of carbonyl (C=O) groups is 1. The number of nitrogens with zero attached hydrogens (tertiary/aromatic N) is 3. The SMILES string of the molecule is O=C(Nc1cccc(-n2cnnc2)c1)c1c[nH]ccc1=O. The van der Waals surface area contributed by atoms with Gasteiger partial charge in [-0.1, -0.05) is 6.07 Å². The fraction of sp³-hybridized carbons (Fsp3) is 0. The topological polar surface area (TPSA) is 92.7 Å². The third-order valence-electron chi connectivity index (χ3n) is 2.89. The minimum absolute atomic E-state index is 0.0622. The highest BCUT2D eigenvalue weighted by molar-refractivity contribution is 6.04. The van der Waals surface area contributed by atoms with Gasteiger partial charge < -0.3 is 10.3 Å². The molecule has 7 heteroatoms. The van der Waals surface area contributed by atoms with Gasteiger partial charge in [-0.3, -0.25) is 14.2 Å². The molecule has 0 radical (unpaired) electrons. The van der Waals surface area contributed by atoms with Crippen LogP contribution in [-0.4, -0.2) is 25.7 Å². The highest BCUT2D eigenvalue weighted by Gasteiger charge is 2.10. The Kier molecular flexibility index (Phi) is 3.30. The molecule has 1 amide bonds. The lowest BCUT2D eigenvalue weighted by Crippen LogP contribution is -2.20. The van der Waals surface area contributed by atoms with Gasteiger partial charge in [0, 0.05) is 24.1 Å². The number of rotatable bonds is 3. The second kappa shape index (κ2) is 5.41. The molecule has 1 aromatic carbocycles. The summed E-state index contributed by atoms with van der Waals surface area (Å²) < 4.78 is 1.71. The van der Waals surface area contributed by atoms with E-state index in [1.807, 2.05) is 6.07 Å². The van der Waals surface area contributed by atoms with Crippen LogP contribution in [-0.2, 0) is 0 Å². The van der Waals surface area contributed by atoms with E-state index in [0.717, 1.165) is 5.69 Å². The largest absolute Gasteiger partial charge is 0.367 e. The zero-order valence-electron chi connectivity index (χ0n) is 10.9. The standard InChI is InChI=1S/C14H11N5O2/c20-13-4-5-15-7-12(13)14(21)18-10-2-1-3-11(6-10)19-8-16-17-9-19/h1-9H,(H,15,20)(H,18,21). The van der Waals surface area contributed by atoms with E-state index in [0.29, 0.717) is 5.69 Å². The lowest BCUT2D eigenvalue weighted by Gasteiger charge is -2.07. The molecule has 3 rings (SSSR count). The summed E-state index contributed by atoms with van der Waals surface area (Å²) in [6, 6.07) is 8.46. The molecule has 0 saturated carbocycles. The van der Waals surface area contributed by atoms with Gasteiger partial charge in [-0.05, 0) is 18.2 Å². The number of H-pyrrole nitrogens is 1. The number of hydrogen-bond donors (Lipinski definition) is 2. The molecule has 0 fully saturated rings. The lowest BCUT2D eigenvalue weighted by molar-refractivity contribution is 0.102. The Labute approximate surface area is 119 Å². The normalized spacial score (nSPS) is 10.3. The summed E-state index contributed by atoms with van der Waals surface area (Å²) in [6.07, 6.45) is 5.97. The molecule has 21 heavy (non-hydrogen) atoms. The van der Waals surface area contributed by atoms with Crippen molar-refractivity contribution in [1.29, 1.82) is 0 Å². The summed E-state index contributed by atoms with van der Waals surface area (Å²) in [5.74, 6) is -0.460. The monoisotopic (exact) mass is 281 g/mol. The van der Waals surface area contributed by atoms with Crippen molar-refractivity contribution in [1.82, 2.24) is 19.7 Å². The van der Waals surface area contributed by atoms with Crippen LogP contribution in [0.3, 0.4) is 0 Å². The van der Waals surface area contributed by atoms with E-state index in [9.17, 15) is 9.59 Å². The number of carbonyl (C=O) groups excluding carboxylic acids is 1. The molecule has 0 aliphatic carbocycles. The van der Waals surface area contributed by atoms with Gasteiger partial charge in [-0.15, -0.1) is 10.2 Å². The highest BCUT2D eigenvalue weighted by atomic mass is 16.2. The summed E-state index contributed by atoms with van der Waals surface area (Å²) in [5.41, 5.74) is 1.11. The van der Waals surface area contributed by atoms with E-state index in [1.165, 1.54) is 18.5 Å². The molecule has 0 aliphatic rings. The van der Waals surface area contributed by atoms with Gasteiger partial charge in [0.05, 0.1) is 5.69 Å². The third-order valence-corrected chi connectivity index (χ3v) is 2.89. The zero-order chi connectivity index (χ0) is 14.7. The Balaban J connectivity index is 1.86. The zero-order valence-corrected chi connectivity index (χ0v) is 10.9. The number of amides is 1. The fourth-order valence-electron chi connectivity index (χ4n) is 1.87. The van der Waals surface area contributed by atoms with Crippen molar-refractivity contribution >= 4 is 11.6 Å². The van der Waals surface area contributed by atoms with Crippen LogP contribution in [0.2, 0.25) is 0 Å². The summed E-state index contributed by atoms with van der Waals surface area (Å²) in [6.45, 7) is 0. The molecule has 0 saturated heterocycles. The van der Waals surface area contributed by atoms with Crippen LogP contribution in [0.4, 0.5) is 5.69 Å². The predicted molar refractivity (Wildman–Crippen MR) is 76.4 cm³/mol. The Morgan fingerprint density at radius 2 is 2.00 bits per heavy atom. The first-order chi connectivity index (χ1) is 10.2. The first kappa shape index (κ1) is 12.8. The van der Waals surface area contributed by atoms with Gasteiger partial charge in [0.25, 0.3) is 5.91 Å². The van der Waals surface area contributed by atoms with E-state index in [2.05, 4.69) is 20.5 Å². The first-order valence-corrected chi connectivity index (χ1v) is 6.17. The number of pyridine rings is 1.